The third-order valence-electron chi connectivity index (χ3n) is 5.36. The average molecular weight is 711 g/mol. The van der Waals surface area contributed by atoms with Crippen molar-refractivity contribution in [2.45, 2.75) is 13.3 Å². The summed E-state index contributed by atoms with van der Waals surface area (Å²) >= 11 is 10.4. The second kappa shape index (κ2) is 12.2. The molecule has 1 heterocycles. The molecule has 0 spiro atoms. The number of hydrogen-bond acceptors (Lipinski definition) is 6. The van der Waals surface area contributed by atoms with Crippen LogP contribution in [-0.2, 0) is 11.2 Å². The van der Waals surface area contributed by atoms with Crippen LogP contribution in [0.15, 0.2) is 71.8 Å². The molecular formula is C26H20Br3FN4O4. The summed E-state index contributed by atoms with van der Waals surface area (Å²) in [5.74, 6) is 0.292. The van der Waals surface area contributed by atoms with Gasteiger partial charge in [0.05, 0.1) is 28.7 Å². The number of hydrogen-bond donors (Lipinski definition) is 1. The normalized spacial score (nSPS) is 11.2. The van der Waals surface area contributed by atoms with Gasteiger partial charge in [0.2, 0.25) is 0 Å². The van der Waals surface area contributed by atoms with Crippen molar-refractivity contribution in [1.29, 1.82) is 0 Å². The highest BCUT2D eigenvalue weighted by molar-refractivity contribution is 9.13. The third kappa shape index (κ3) is 6.13. The summed E-state index contributed by atoms with van der Waals surface area (Å²) in [6.45, 7) is 1.58. The van der Waals surface area contributed by atoms with Gasteiger partial charge in [-0.1, -0.05) is 22.9 Å². The summed E-state index contributed by atoms with van der Waals surface area (Å²) in [6, 6.07) is 12.4. The van der Waals surface area contributed by atoms with E-state index in [-0.39, 0.29) is 17.9 Å². The van der Waals surface area contributed by atoms with Gasteiger partial charge in [-0.05, 0) is 80.4 Å². The highest BCUT2D eigenvalue weighted by Crippen LogP contribution is 2.42. The molecule has 0 radical (unpaired) electrons. The topological polar surface area (TPSA) is 94.8 Å². The molecule has 196 valence electrons. The Balaban J connectivity index is 1.61. The smallest absolute Gasteiger partial charge is 0.282 e. The summed E-state index contributed by atoms with van der Waals surface area (Å²) in [4.78, 5) is 30.1. The number of benzene rings is 3. The largest absolute Gasteiger partial charge is 0.493 e. The zero-order chi connectivity index (χ0) is 27.4. The Kier molecular flexibility index (Phi) is 8.95. The van der Waals surface area contributed by atoms with Crippen molar-refractivity contribution in [3.8, 4) is 11.5 Å². The first-order chi connectivity index (χ1) is 18.2. The van der Waals surface area contributed by atoms with Gasteiger partial charge in [-0.2, -0.15) is 9.78 Å². The van der Waals surface area contributed by atoms with Crippen molar-refractivity contribution in [2.24, 2.45) is 5.10 Å². The number of aromatic nitrogens is 2. The van der Waals surface area contributed by atoms with Crippen molar-refractivity contribution in [2.75, 3.05) is 19.0 Å². The molecule has 1 N–H and O–H groups in total. The van der Waals surface area contributed by atoms with E-state index in [9.17, 15) is 14.0 Å². The van der Waals surface area contributed by atoms with E-state index < -0.39 is 11.7 Å². The summed E-state index contributed by atoms with van der Waals surface area (Å²) in [6.07, 6.45) is 2.01. The molecule has 4 aromatic rings. The third-order valence-corrected chi connectivity index (χ3v) is 7.99. The molecule has 0 saturated carbocycles. The molecule has 3 aromatic carbocycles. The van der Waals surface area contributed by atoms with Crippen molar-refractivity contribution < 1.29 is 18.7 Å². The molecule has 0 bridgehead atoms. The van der Waals surface area contributed by atoms with Crippen molar-refractivity contribution in [3.63, 3.8) is 0 Å². The van der Waals surface area contributed by atoms with E-state index in [0.717, 1.165) is 4.47 Å². The van der Waals surface area contributed by atoms with Gasteiger partial charge in [0.15, 0.2) is 18.1 Å². The maximum absolute atomic E-state index is 13.2. The zero-order valence-corrected chi connectivity index (χ0v) is 24.9. The quantitative estimate of drug-likeness (QED) is 0.217. The predicted octanol–water partition coefficient (Wildman–Crippen LogP) is 6.29. The fraction of sp³-hybridized carbons (Fsp3) is 0.154. The van der Waals surface area contributed by atoms with Crippen molar-refractivity contribution in [1.82, 2.24) is 9.66 Å². The van der Waals surface area contributed by atoms with Crippen LogP contribution in [0.4, 0.5) is 10.1 Å². The number of rotatable bonds is 8. The molecular weight excluding hydrogens is 691 g/mol. The maximum atomic E-state index is 13.2. The number of methoxy groups -OCH3 is 1. The van der Waals surface area contributed by atoms with Gasteiger partial charge in [0, 0.05) is 26.6 Å². The highest BCUT2D eigenvalue weighted by Gasteiger charge is 2.18. The first-order valence-electron chi connectivity index (χ1n) is 11.2. The van der Waals surface area contributed by atoms with Gasteiger partial charge < -0.3 is 14.8 Å². The number of nitrogens with one attached hydrogen (secondary N) is 1. The molecule has 0 unspecified atom stereocenters. The number of carbonyl (C=O) groups excluding carboxylic acids is 1. The Morgan fingerprint density at radius 2 is 1.87 bits per heavy atom. The lowest BCUT2D eigenvalue weighted by Crippen LogP contribution is -2.22. The minimum absolute atomic E-state index is 0.286. The second-order valence-corrected chi connectivity index (χ2v) is 10.4. The molecule has 0 aliphatic heterocycles. The minimum atomic E-state index is -0.436. The summed E-state index contributed by atoms with van der Waals surface area (Å²) in [5, 5.41) is 7.50. The standard InChI is InChI=1S/C26H20Br3FN4O4/c1-3-21-33-19-9-4-15(27)11-18(19)26(36)34(21)31-12-14-10-20(37-2)25(24(29)23(14)28)38-13-22(35)32-17-7-5-16(30)6-8-17/h4-12H,3,13H2,1-2H3,(H,32,35). The van der Waals surface area contributed by atoms with Gasteiger partial charge in [-0.3, -0.25) is 9.59 Å². The van der Waals surface area contributed by atoms with E-state index in [2.05, 4.69) is 63.2 Å². The van der Waals surface area contributed by atoms with E-state index in [1.54, 1.807) is 18.2 Å². The van der Waals surface area contributed by atoms with Crippen LogP contribution in [0.1, 0.15) is 18.3 Å². The van der Waals surface area contributed by atoms with Gasteiger partial charge in [-0.25, -0.2) is 9.37 Å². The van der Waals surface area contributed by atoms with Crippen LogP contribution in [0.3, 0.4) is 0 Å². The number of carbonyl (C=O) groups is 1. The van der Waals surface area contributed by atoms with E-state index in [1.807, 2.05) is 13.0 Å². The van der Waals surface area contributed by atoms with Gasteiger partial charge in [0.1, 0.15) is 11.6 Å². The van der Waals surface area contributed by atoms with Crippen molar-refractivity contribution >= 4 is 76.5 Å². The van der Waals surface area contributed by atoms with E-state index >= 15 is 0 Å². The number of anilines is 1. The predicted molar refractivity (Wildman–Crippen MR) is 155 cm³/mol. The Bertz CT molecular complexity index is 1610. The Hall–Kier alpha value is -3.09. The molecule has 8 nitrogen and oxygen atoms in total. The summed E-state index contributed by atoms with van der Waals surface area (Å²) < 4.78 is 27.4. The van der Waals surface area contributed by atoms with E-state index in [0.29, 0.717) is 49.1 Å². The lowest BCUT2D eigenvalue weighted by Gasteiger charge is -2.15. The average Bonchev–Trinajstić information content (AvgIpc) is 2.91. The molecule has 38 heavy (non-hydrogen) atoms. The Labute approximate surface area is 242 Å². The molecule has 1 aromatic heterocycles. The molecule has 0 aliphatic carbocycles. The minimum Gasteiger partial charge on any atom is -0.493 e. The van der Waals surface area contributed by atoms with Crippen molar-refractivity contribution in [3.05, 3.63) is 89.5 Å². The number of aryl methyl sites for hydroxylation is 1. The first kappa shape index (κ1) is 27.9. The number of amides is 1. The van der Waals surface area contributed by atoms with Crippen LogP contribution in [0.2, 0.25) is 0 Å². The lowest BCUT2D eigenvalue weighted by atomic mass is 10.2. The molecule has 4 rings (SSSR count). The van der Waals surface area contributed by atoms with Gasteiger partial charge in [0.25, 0.3) is 11.5 Å². The first-order valence-corrected chi connectivity index (χ1v) is 13.6. The highest BCUT2D eigenvalue weighted by atomic mass is 79.9. The molecule has 0 fully saturated rings. The fourth-order valence-corrected chi connectivity index (χ4v) is 4.81. The molecule has 1 amide bonds. The summed E-state index contributed by atoms with van der Waals surface area (Å²) in [5.41, 5.74) is 1.33. The van der Waals surface area contributed by atoms with Crippen LogP contribution in [0.25, 0.3) is 10.9 Å². The van der Waals surface area contributed by atoms with E-state index in [1.165, 1.54) is 42.3 Å². The Morgan fingerprint density at radius 3 is 2.55 bits per heavy atom. The zero-order valence-electron chi connectivity index (χ0n) is 20.1. The Morgan fingerprint density at radius 1 is 1.13 bits per heavy atom. The van der Waals surface area contributed by atoms with Crippen LogP contribution in [0.5, 0.6) is 11.5 Å². The molecule has 0 atom stereocenters. The number of halogens is 4. The summed E-state index contributed by atoms with van der Waals surface area (Å²) in [7, 11) is 1.47. The molecule has 12 heteroatoms. The monoisotopic (exact) mass is 708 g/mol. The SMILES string of the molecule is CCc1nc2ccc(Br)cc2c(=O)n1N=Cc1cc(OC)c(OCC(=O)Nc2ccc(F)cc2)c(Br)c1Br. The lowest BCUT2D eigenvalue weighted by molar-refractivity contribution is -0.118. The van der Waals surface area contributed by atoms with E-state index in [4.69, 9.17) is 9.47 Å². The van der Waals surface area contributed by atoms with Gasteiger partial charge in [-0.15, -0.1) is 0 Å². The maximum Gasteiger partial charge on any atom is 0.282 e. The number of fused-ring (bicyclic) bond motifs is 1. The van der Waals surface area contributed by atoms with Crippen LogP contribution >= 0.6 is 47.8 Å². The fourth-order valence-electron chi connectivity index (χ4n) is 3.52. The molecule has 0 aliphatic rings. The van der Waals surface area contributed by atoms with Crippen LogP contribution < -0.4 is 20.3 Å². The number of ether oxygens (including phenoxy) is 2. The number of nitrogens with zero attached hydrogens (tertiary/aromatic N) is 3. The second-order valence-electron chi connectivity index (χ2n) is 7.87. The van der Waals surface area contributed by atoms with Crippen LogP contribution in [0, 0.1) is 5.82 Å². The molecule has 0 saturated heterocycles. The van der Waals surface area contributed by atoms with Crippen LogP contribution in [-0.4, -0.2) is 35.5 Å². The van der Waals surface area contributed by atoms with Gasteiger partial charge >= 0.3 is 0 Å².